The van der Waals surface area contributed by atoms with Gasteiger partial charge in [-0.25, -0.2) is 0 Å². The van der Waals surface area contributed by atoms with Crippen molar-refractivity contribution in [3.63, 3.8) is 0 Å². The molecule has 0 aliphatic heterocycles. The second-order valence-corrected chi connectivity index (χ2v) is 58.8. The zero-order chi connectivity index (χ0) is 113. The zero-order valence-electron chi connectivity index (χ0n) is 104. The SMILES string of the molecule is CCO[Si](C)(CCCN(CCN=C(C)C)CCN=C(C)C)OC.CCO[Si](CCCN(CCN=C(C)CC(C)C)CCN=C(C)CC(C)C)(OCC)OCC.CO[Si](CCCCCCCCCCN(CCN=C(C)CC(C)C)CCN=C(C)CC(C)C)(OC)OC.CO[Si](CCCN(CCN=C(C)CC(C)C)CCN=C(C)CC(C)C)(OC)OC.CO[Si](CN(CCN=C(C)CC(C)C)CCN=C(C)CC(C)C)(OC)OC. The molecule has 0 aliphatic carbocycles. The van der Waals surface area contributed by atoms with Crippen molar-refractivity contribution in [3.05, 3.63) is 0 Å². The lowest BCUT2D eigenvalue weighted by Gasteiger charge is -2.30. The summed E-state index contributed by atoms with van der Waals surface area (Å²) >= 11 is 0. The Balaban J connectivity index is -0.000000576. The summed E-state index contributed by atoms with van der Waals surface area (Å²) in [6.45, 7) is 96.3. The largest absolute Gasteiger partial charge is 0.514 e. The molecule has 0 spiro atoms. The molecule has 0 N–H and O–H groups in total. The predicted octanol–water partition coefficient (Wildman–Crippen LogP) is 24.7. The third kappa shape index (κ3) is 92.9. The van der Waals surface area contributed by atoms with Crippen molar-refractivity contribution in [2.24, 2.45) is 97.3 Å². The summed E-state index contributed by atoms with van der Waals surface area (Å²) in [5.41, 5.74) is 12.3. The molecule has 0 heterocycles. The summed E-state index contributed by atoms with van der Waals surface area (Å²) in [4.78, 5) is 59.6. The predicted molar refractivity (Wildman–Crippen MR) is 650 cm³/mol. The maximum absolute atomic E-state index is 6.02. The molecule has 1 atom stereocenters. The summed E-state index contributed by atoms with van der Waals surface area (Å²) in [5.74, 6) is 5.26. The molecule has 0 radical (unpaired) electrons. The first-order chi connectivity index (χ1) is 69.5. The average molecular weight is 2170 g/mol. The summed E-state index contributed by atoms with van der Waals surface area (Å²) in [6, 6.07) is 3.61. The van der Waals surface area contributed by atoms with Crippen LogP contribution < -0.4 is 0 Å². The highest BCUT2D eigenvalue weighted by Gasteiger charge is 2.42. The highest BCUT2D eigenvalue weighted by molar-refractivity contribution is 6.66. The smallest absolute Gasteiger partial charge is 0.398 e. The first kappa shape index (κ1) is 152. The Bertz CT molecular complexity index is 3210. The molecule has 0 aromatic heterocycles. The lowest BCUT2D eigenvalue weighted by atomic mass is 10.1. The fourth-order valence-electron chi connectivity index (χ4n) is 17.5. The van der Waals surface area contributed by atoms with E-state index in [4.69, 9.17) is 102 Å². The van der Waals surface area contributed by atoms with Crippen LogP contribution in [0.25, 0.3) is 0 Å². The summed E-state index contributed by atoms with van der Waals surface area (Å²) < 4.78 is 79.5. The molecule has 29 nitrogen and oxygen atoms in total. The highest BCUT2D eigenvalue weighted by atomic mass is 28.4. The molecule has 0 saturated heterocycles. The number of unbranched alkanes of at least 4 members (excludes halogenated alkanes) is 7. The molecule has 0 saturated carbocycles. The molecular formula is C113H241N15O14Si5. The van der Waals surface area contributed by atoms with E-state index in [-0.39, 0.29) is 0 Å². The second-order valence-electron chi connectivity index (χ2n) is 43.5. The van der Waals surface area contributed by atoms with Crippen LogP contribution in [0.15, 0.2) is 49.9 Å². The Morgan fingerprint density at radius 2 is 0.381 bits per heavy atom. The fraction of sp³-hybridized carbons (Fsp3) is 0.912. The highest BCUT2D eigenvalue weighted by Crippen LogP contribution is 2.24. The van der Waals surface area contributed by atoms with Gasteiger partial charge in [-0.2, -0.15) is 0 Å². The number of hydrogen-bond donors (Lipinski definition) is 0. The summed E-state index contributed by atoms with van der Waals surface area (Å²) in [5, 5.41) is 0. The molecule has 1 unspecified atom stereocenters. The topological polar surface area (TPSA) is 269 Å². The lowest BCUT2D eigenvalue weighted by Crippen LogP contribution is -2.54. The fourth-order valence-corrected chi connectivity index (χ4v) is 27.2. The third-order valence-electron chi connectivity index (χ3n) is 24.6. The van der Waals surface area contributed by atoms with Crippen LogP contribution >= 0.6 is 0 Å². The standard InChI is InChI=1S/C29H61N3O3Si.C25H53N3O3Si.C22H47N3O3Si.C20H43N3O3Si.C17H37N3O2Si/c1-26(2)24-28(5)30-18-21-32(22-19-31-29(6)25-27(3)4)20-16-14-12-10-11-13-15-17-23-36(33-7,34-8)35-9;1-10-29-32(30-11-2,31-12-3)19-13-16-28(17-14-26-24(8)20-22(4)5)18-15-27-25(9)21-23(6)7;1-19(2)17-21(5)23-11-14-25(15-12-24-22(6)18-20(3)4)13-10-16-29(26-7,27-8)28-9;1-17(2)14-19(5)21-10-12-23(16-27(24-7,25-8)26-9)13-11-22-20(6)15-18(3)4;1-8-22-23(7,21-6)15-9-12-20(13-10-18-16(2)3)14-11-19-17(4)5/h26-27H,10-25H2,1-9H3;22-23H,10-21H2,1-9H3;19-20H,10-18H2,1-9H3;17-18H,10-16H2,1-9H3;8-15H2,1-7H3. The van der Waals surface area contributed by atoms with Gasteiger partial charge in [-0.05, 0) is 280 Å². The maximum Gasteiger partial charge on any atom is 0.514 e. The van der Waals surface area contributed by atoms with Crippen LogP contribution in [-0.4, -0.2) is 386 Å². The van der Waals surface area contributed by atoms with Gasteiger partial charge >= 0.3 is 43.8 Å². The van der Waals surface area contributed by atoms with Crippen LogP contribution in [0.2, 0.25) is 30.7 Å². The number of hydrogen-bond acceptors (Lipinski definition) is 29. The minimum Gasteiger partial charge on any atom is -0.398 e. The minimum atomic E-state index is -2.66. The van der Waals surface area contributed by atoms with Crippen LogP contribution in [-0.2, 0) is 62.0 Å². The average Bonchev–Trinajstić information content (AvgIpc) is 0.895. The zero-order valence-corrected chi connectivity index (χ0v) is 109. The van der Waals surface area contributed by atoms with E-state index in [0.717, 1.165) is 276 Å². The monoisotopic (exact) mass is 2170 g/mol. The Morgan fingerprint density at radius 1 is 0.197 bits per heavy atom. The van der Waals surface area contributed by atoms with Gasteiger partial charge in [0.2, 0.25) is 0 Å². The molecule has 872 valence electrons. The molecule has 0 fully saturated rings. The first-order valence-electron chi connectivity index (χ1n) is 57.2. The van der Waals surface area contributed by atoms with Gasteiger partial charge in [0.25, 0.3) is 0 Å². The van der Waals surface area contributed by atoms with E-state index in [9.17, 15) is 0 Å². The van der Waals surface area contributed by atoms with Gasteiger partial charge in [-0.1, -0.05) is 149 Å². The van der Waals surface area contributed by atoms with E-state index >= 15 is 0 Å². The molecule has 0 amide bonds. The molecule has 0 bridgehead atoms. The van der Waals surface area contributed by atoms with Crippen LogP contribution in [0.1, 0.15) is 344 Å². The molecule has 0 aromatic rings. The lowest BCUT2D eigenvalue weighted by molar-refractivity contribution is 0.0699. The Kier molecular flexibility index (Phi) is 101. The Morgan fingerprint density at radius 3 is 0.585 bits per heavy atom. The van der Waals surface area contributed by atoms with Crippen LogP contribution in [0.4, 0.5) is 0 Å². The minimum absolute atomic E-state index is 0.629. The number of aliphatic imine (C=N–C) groups is 10. The van der Waals surface area contributed by atoms with Gasteiger partial charge in [-0.3, -0.25) is 74.4 Å². The summed E-state index contributed by atoms with van der Waals surface area (Å²) in [7, 11) is 4.78. The molecular weight excluding hydrogens is 1930 g/mol. The van der Waals surface area contributed by atoms with E-state index in [2.05, 4.69) is 207 Å². The molecule has 147 heavy (non-hydrogen) atoms. The summed E-state index contributed by atoms with van der Waals surface area (Å²) in [6.07, 6.45) is 22.5. The van der Waals surface area contributed by atoms with Crippen molar-refractivity contribution >= 4 is 101 Å². The molecule has 0 aliphatic rings. The first-order valence-corrected chi connectivity index (χ1v) is 67.4. The van der Waals surface area contributed by atoms with Crippen molar-refractivity contribution < 1.29 is 62.0 Å². The molecule has 34 heteroatoms. The van der Waals surface area contributed by atoms with Gasteiger partial charge in [0, 0.05) is 238 Å². The van der Waals surface area contributed by atoms with E-state index in [1.54, 1.807) is 71.1 Å². The van der Waals surface area contributed by atoms with Crippen molar-refractivity contribution in [1.29, 1.82) is 0 Å². The number of nitrogens with zero attached hydrogens (tertiary/aromatic N) is 15. The van der Waals surface area contributed by atoms with Gasteiger partial charge in [-0.15, -0.1) is 0 Å². The van der Waals surface area contributed by atoms with Crippen molar-refractivity contribution in [1.82, 2.24) is 24.5 Å². The van der Waals surface area contributed by atoms with Gasteiger partial charge < -0.3 is 62.0 Å². The van der Waals surface area contributed by atoms with E-state index in [1.165, 1.54) is 90.6 Å². The van der Waals surface area contributed by atoms with Gasteiger partial charge in [0.05, 0.1) is 71.6 Å². The van der Waals surface area contributed by atoms with Gasteiger partial charge in [0.1, 0.15) is 0 Å². The van der Waals surface area contributed by atoms with Crippen LogP contribution in [0.5, 0.6) is 0 Å². The van der Waals surface area contributed by atoms with Crippen molar-refractivity contribution in [2.75, 3.05) is 261 Å². The van der Waals surface area contributed by atoms with E-state index in [1.807, 2.05) is 55.4 Å². The molecule has 0 rings (SSSR count). The molecule has 0 aromatic carbocycles. The maximum atomic E-state index is 6.02. The van der Waals surface area contributed by atoms with Crippen molar-refractivity contribution in [3.8, 4) is 0 Å². The second kappa shape index (κ2) is 97.5. The van der Waals surface area contributed by atoms with E-state index in [0.29, 0.717) is 73.3 Å². The van der Waals surface area contributed by atoms with E-state index < -0.39 is 43.8 Å². The Hall–Kier alpha value is -2.98. The van der Waals surface area contributed by atoms with Gasteiger partial charge in [0.15, 0.2) is 0 Å². The Labute approximate surface area is 914 Å². The van der Waals surface area contributed by atoms with Crippen LogP contribution in [0, 0.1) is 47.3 Å². The third-order valence-corrected chi connectivity index (χ3v) is 39.2. The quantitative estimate of drug-likeness (QED) is 0.0311. The van der Waals surface area contributed by atoms with Crippen LogP contribution in [0.3, 0.4) is 0 Å². The normalized spacial score (nSPS) is 13.8. The van der Waals surface area contributed by atoms with Crippen molar-refractivity contribution in [2.45, 2.75) is 374 Å². The number of rotatable bonds is 89.